The summed E-state index contributed by atoms with van der Waals surface area (Å²) in [5.41, 5.74) is 0. The van der Waals surface area contributed by atoms with Gasteiger partial charge in [0.2, 0.25) is 0 Å². The number of hydrogen-bond donors (Lipinski definition) is 0. The van der Waals surface area contributed by atoms with E-state index in [0.29, 0.717) is 5.78 Å². The zero-order chi connectivity index (χ0) is 13.0. The number of rotatable bonds is 5. The normalized spacial score (nSPS) is 30.1. The predicted octanol–water partition coefficient (Wildman–Crippen LogP) is 2.16. The van der Waals surface area contributed by atoms with Gasteiger partial charge in [-0.15, -0.1) is 0 Å². The van der Waals surface area contributed by atoms with Gasteiger partial charge in [-0.2, -0.15) is 0 Å². The van der Waals surface area contributed by atoms with Crippen LogP contribution in [0.4, 0.5) is 0 Å². The van der Waals surface area contributed by atoms with Gasteiger partial charge in [-0.25, -0.2) is 0 Å². The lowest BCUT2D eigenvalue weighted by Gasteiger charge is -2.46. The molecule has 2 rings (SSSR count). The van der Waals surface area contributed by atoms with Crippen molar-refractivity contribution in [1.29, 1.82) is 0 Å². The molecule has 2 heterocycles. The molecule has 3 heteroatoms. The predicted molar refractivity (Wildman–Crippen MR) is 74.7 cm³/mol. The van der Waals surface area contributed by atoms with Crippen molar-refractivity contribution < 1.29 is 4.79 Å². The molecular weight excluding hydrogens is 224 g/mol. The van der Waals surface area contributed by atoms with Gasteiger partial charge in [0.25, 0.3) is 0 Å². The van der Waals surface area contributed by atoms with Crippen LogP contribution in [0.5, 0.6) is 0 Å². The maximum atomic E-state index is 10.9. The Morgan fingerprint density at radius 1 is 1.22 bits per heavy atom. The third kappa shape index (κ3) is 3.79. The molecule has 0 aromatic heterocycles. The molecule has 2 aliphatic heterocycles. The molecule has 0 aromatic rings. The Morgan fingerprint density at radius 2 is 2.06 bits per heavy atom. The van der Waals surface area contributed by atoms with E-state index in [4.69, 9.17) is 0 Å². The van der Waals surface area contributed by atoms with Gasteiger partial charge in [0.05, 0.1) is 0 Å². The van der Waals surface area contributed by atoms with Crippen LogP contribution in [0.3, 0.4) is 0 Å². The van der Waals surface area contributed by atoms with E-state index in [-0.39, 0.29) is 0 Å². The Morgan fingerprint density at radius 3 is 2.83 bits per heavy atom. The summed E-state index contributed by atoms with van der Waals surface area (Å²) in [5, 5.41) is 0. The summed E-state index contributed by atoms with van der Waals surface area (Å²) >= 11 is 0. The zero-order valence-electron chi connectivity index (χ0n) is 12.0. The van der Waals surface area contributed by atoms with Gasteiger partial charge in [0.15, 0.2) is 0 Å². The molecule has 0 aliphatic carbocycles. The largest absolute Gasteiger partial charge is 0.303 e. The van der Waals surface area contributed by atoms with Gasteiger partial charge in [-0.3, -0.25) is 0 Å². The van der Waals surface area contributed by atoms with Crippen molar-refractivity contribution in [2.24, 2.45) is 5.92 Å². The SMILES string of the molecule is CC(=O)CCCCN1CCC2C(CCCN2C)C1. The van der Waals surface area contributed by atoms with Gasteiger partial charge in [0, 0.05) is 19.0 Å². The van der Waals surface area contributed by atoms with E-state index in [1.54, 1.807) is 6.92 Å². The lowest BCUT2D eigenvalue weighted by molar-refractivity contribution is -0.117. The first-order valence-corrected chi connectivity index (χ1v) is 7.59. The number of carbonyl (C=O) groups is 1. The number of likely N-dealkylation sites (tertiary alicyclic amines) is 2. The first kappa shape index (κ1) is 14.0. The Kier molecular flexibility index (Phi) is 5.19. The highest BCUT2D eigenvalue weighted by atomic mass is 16.1. The van der Waals surface area contributed by atoms with Crippen LogP contribution in [0.25, 0.3) is 0 Å². The van der Waals surface area contributed by atoms with E-state index in [1.807, 2.05) is 0 Å². The average molecular weight is 252 g/mol. The number of fused-ring (bicyclic) bond motifs is 1. The van der Waals surface area contributed by atoms with Gasteiger partial charge >= 0.3 is 0 Å². The van der Waals surface area contributed by atoms with Crippen LogP contribution in [0.2, 0.25) is 0 Å². The first-order valence-electron chi connectivity index (χ1n) is 7.59. The molecule has 0 spiro atoms. The maximum Gasteiger partial charge on any atom is 0.129 e. The lowest BCUT2D eigenvalue weighted by atomic mass is 9.84. The summed E-state index contributed by atoms with van der Waals surface area (Å²) < 4.78 is 0. The number of hydrogen-bond acceptors (Lipinski definition) is 3. The fourth-order valence-corrected chi connectivity index (χ4v) is 3.64. The summed E-state index contributed by atoms with van der Waals surface area (Å²) in [4.78, 5) is 16.1. The van der Waals surface area contributed by atoms with Crippen molar-refractivity contribution in [3.8, 4) is 0 Å². The Bertz CT molecular complexity index is 280. The van der Waals surface area contributed by atoms with E-state index in [1.165, 1.54) is 51.9 Å². The van der Waals surface area contributed by atoms with Gasteiger partial charge in [-0.05, 0) is 71.6 Å². The molecule has 0 radical (unpaired) electrons. The van der Waals surface area contributed by atoms with E-state index in [2.05, 4.69) is 16.8 Å². The van der Waals surface area contributed by atoms with Crippen molar-refractivity contribution in [1.82, 2.24) is 9.80 Å². The molecule has 3 nitrogen and oxygen atoms in total. The highest BCUT2D eigenvalue weighted by Crippen LogP contribution is 2.29. The summed E-state index contributed by atoms with van der Waals surface area (Å²) in [5.74, 6) is 1.23. The van der Waals surface area contributed by atoms with Crippen molar-refractivity contribution in [3.05, 3.63) is 0 Å². The molecule has 0 N–H and O–H groups in total. The molecule has 2 saturated heterocycles. The fraction of sp³-hybridized carbons (Fsp3) is 0.933. The van der Waals surface area contributed by atoms with Crippen LogP contribution >= 0.6 is 0 Å². The minimum absolute atomic E-state index is 0.336. The molecule has 2 unspecified atom stereocenters. The smallest absolute Gasteiger partial charge is 0.129 e. The number of nitrogens with zero attached hydrogens (tertiary/aromatic N) is 2. The van der Waals surface area contributed by atoms with Crippen molar-refractivity contribution in [3.63, 3.8) is 0 Å². The van der Waals surface area contributed by atoms with Gasteiger partial charge < -0.3 is 14.6 Å². The number of carbonyl (C=O) groups excluding carboxylic acids is 1. The molecule has 0 bridgehead atoms. The third-order valence-electron chi connectivity index (χ3n) is 4.68. The summed E-state index contributed by atoms with van der Waals surface area (Å²) in [7, 11) is 2.29. The highest BCUT2D eigenvalue weighted by molar-refractivity contribution is 5.75. The monoisotopic (exact) mass is 252 g/mol. The van der Waals surface area contributed by atoms with Crippen LogP contribution in [0.1, 0.15) is 45.4 Å². The summed E-state index contributed by atoms with van der Waals surface area (Å²) in [6.07, 6.45) is 7.15. The quantitative estimate of drug-likeness (QED) is 0.701. The van der Waals surface area contributed by atoms with E-state index < -0.39 is 0 Å². The fourth-order valence-electron chi connectivity index (χ4n) is 3.64. The average Bonchev–Trinajstić information content (AvgIpc) is 2.35. The number of ketones is 1. The van der Waals surface area contributed by atoms with Crippen molar-refractivity contribution in [2.45, 2.75) is 51.5 Å². The van der Waals surface area contributed by atoms with Gasteiger partial charge in [-0.1, -0.05) is 0 Å². The number of Topliss-reactive ketones (excluding diaryl/α,β-unsaturated/α-hetero) is 1. The molecule has 104 valence electrons. The topological polar surface area (TPSA) is 23.6 Å². The second-order valence-corrected chi connectivity index (χ2v) is 6.20. The molecule has 2 aliphatic rings. The molecular formula is C15H28N2O. The van der Waals surface area contributed by atoms with Gasteiger partial charge in [0.1, 0.15) is 5.78 Å². The number of unbranched alkanes of at least 4 members (excludes halogenated alkanes) is 1. The molecule has 0 saturated carbocycles. The lowest BCUT2D eigenvalue weighted by Crippen LogP contribution is -2.52. The van der Waals surface area contributed by atoms with Crippen molar-refractivity contribution >= 4 is 5.78 Å². The molecule has 2 atom stereocenters. The second kappa shape index (κ2) is 6.67. The Balaban J connectivity index is 1.68. The third-order valence-corrected chi connectivity index (χ3v) is 4.68. The molecule has 2 fully saturated rings. The van der Waals surface area contributed by atoms with Crippen molar-refractivity contribution in [2.75, 3.05) is 33.2 Å². The van der Waals surface area contributed by atoms with E-state index in [9.17, 15) is 4.79 Å². The molecule has 0 aromatic carbocycles. The standard InChI is InChI=1S/C15H28N2O/c1-13(18)6-3-4-10-17-11-8-15-14(12-17)7-5-9-16(15)2/h14-15H,3-12H2,1-2H3. The van der Waals surface area contributed by atoms with E-state index in [0.717, 1.165) is 24.8 Å². The van der Waals surface area contributed by atoms with Crippen LogP contribution in [-0.2, 0) is 4.79 Å². The van der Waals surface area contributed by atoms with Crippen LogP contribution < -0.4 is 0 Å². The zero-order valence-corrected chi connectivity index (χ0v) is 12.0. The molecule has 18 heavy (non-hydrogen) atoms. The summed E-state index contributed by atoms with van der Waals surface area (Å²) in [6.45, 7) is 6.73. The first-order chi connectivity index (χ1) is 8.66. The maximum absolute atomic E-state index is 10.9. The minimum atomic E-state index is 0.336. The van der Waals surface area contributed by atoms with E-state index >= 15 is 0 Å². The summed E-state index contributed by atoms with van der Waals surface area (Å²) in [6, 6.07) is 0.840. The Hall–Kier alpha value is -0.410. The second-order valence-electron chi connectivity index (χ2n) is 6.20. The number of piperidine rings is 2. The van der Waals surface area contributed by atoms with Crippen LogP contribution in [-0.4, -0.2) is 54.9 Å². The van der Waals surface area contributed by atoms with Crippen LogP contribution in [0.15, 0.2) is 0 Å². The highest BCUT2D eigenvalue weighted by Gasteiger charge is 2.33. The minimum Gasteiger partial charge on any atom is -0.303 e. The van der Waals surface area contributed by atoms with Crippen LogP contribution in [0, 0.1) is 5.92 Å². The Labute approximate surface area is 112 Å². The molecule has 0 amide bonds.